The van der Waals surface area contributed by atoms with Crippen molar-refractivity contribution in [2.45, 2.75) is 25.5 Å². The van der Waals surface area contributed by atoms with E-state index in [0.29, 0.717) is 0 Å². The number of likely N-dealkylation sites (tertiary alicyclic amines) is 1. The summed E-state index contributed by atoms with van der Waals surface area (Å²) in [5, 5.41) is 10.2. The molecule has 1 aromatic carbocycles. The molecular formula is C12H15BrClNO. The van der Waals surface area contributed by atoms with Crippen molar-refractivity contribution in [3.63, 3.8) is 0 Å². The largest absolute Gasteiger partial charge is 0.393 e. The van der Waals surface area contributed by atoms with Crippen LogP contribution in [0.15, 0.2) is 22.7 Å². The number of hydrogen-bond acceptors (Lipinski definition) is 2. The highest BCUT2D eigenvalue weighted by molar-refractivity contribution is 9.10. The number of benzene rings is 1. The first kappa shape index (κ1) is 12.4. The molecule has 0 aliphatic carbocycles. The summed E-state index contributed by atoms with van der Waals surface area (Å²) >= 11 is 9.43. The summed E-state index contributed by atoms with van der Waals surface area (Å²) in [4.78, 5) is 2.36. The molecule has 0 spiro atoms. The van der Waals surface area contributed by atoms with Crippen LogP contribution in [0.3, 0.4) is 0 Å². The maximum absolute atomic E-state index is 9.43. The van der Waals surface area contributed by atoms with Crippen molar-refractivity contribution in [1.29, 1.82) is 0 Å². The molecule has 1 aliphatic heterocycles. The monoisotopic (exact) mass is 303 g/mol. The third kappa shape index (κ3) is 3.20. The van der Waals surface area contributed by atoms with Crippen LogP contribution >= 0.6 is 27.5 Å². The van der Waals surface area contributed by atoms with Gasteiger partial charge in [-0.05, 0) is 30.5 Å². The molecular weight excluding hydrogens is 289 g/mol. The Balaban J connectivity index is 1.98. The second-order valence-electron chi connectivity index (χ2n) is 4.24. The molecule has 0 unspecified atom stereocenters. The normalized spacial score (nSPS) is 18.9. The highest BCUT2D eigenvalue weighted by atomic mass is 79.9. The zero-order valence-corrected chi connectivity index (χ0v) is 11.3. The third-order valence-electron chi connectivity index (χ3n) is 2.97. The molecule has 0 atom stereocenters. The van der Waals surface area contributed by atoms with Gasteiger partial charge >= 0.3 is 0 Å². The minimum absolute atomic E-state index is 0.107. The van der Waals surface area contributed by atoms with Gasteiger partial charge in [-0.25, -0.2) is 0 Å². The third-order valence-corrected chi connectivity index (χ3v) is 3.94. The number of nitrogens with zero attached hydrogens (tertiary/aromatic N) is 1. The van der Waals surface area contributed by atoms with Gasteiger partial charge < -0.3 is 5.11 Å². The highest BCUT2D eigenvalue weighted by Crippen LogP contribution is 2.24. The van der Waals surface area contributed by atoms with Crippen LogP contribution in [-0.4, -0.2) is 29.2 Å². The molecule has 1 heterocycles. The zero-order chi connectivity index (χ0) is 11.5. The van der Waals surface area contributed by atoms with E-state index in [1.807, 2.05) is 12.1 Å². The molecule has 0 aromatic heterocycles. The molecule has 0 saturated carbocycles. The number of rotatable bonds is 2. The van der Waals surface area contributed by atoms with Gasteiger partial charge in [0.25, 0.3) is 0 Å². The SMILES string of the molecule is OC1CCN(Cc2ccc(Cl)cc2Br)CC1. The van der Waals surface area contributed by atoms with Gasteiger partial charge in [0.2, 0.25) is 0 Å². The summed E-state index contributed by atoms with van der Waals surface area (Å²) in [6, 6.07) is 5.90. The standard InChI is InChI=1S/C12H15BrClNO/c13-12-7-10(14)2-1-9(12)8-15-5-3-11(16)4-6-15/h1-2,7,11,16H,3-6,8H2. The molecule has 0 bridgehead atoms. The molecule has 2 rings (SSSR count). The number of halogens is 2. The second kappa shape index (κ2) is 5.50. The van der Waals surface area contributed by atoms with Crippen LogP contribution in [0.4, 0.5) is 0 Å². The Labute approximate surface area is 109 Å². The number of aliphatic hydroxyl groups is 1. The van der Waals surface area contributed by atoms with Crippen molar-refractivity contribution >= 4 is 27.5 Å². The Morgan fingerprint density at radius 1 is 1.38 bits per heavy atom. The fourth-order valence-electron chi connectivity index (χ4n) is 1.97. The van der Waals surface area contributed by atoms with Crippen LogP contribution in [0.1, 0.15) is 18.4 Å². The Morgan fingerprint density at radius 3 is 2.69 bits per heavy atom. The Bertz CT molecular complexity index is 364. The molecule has 1 fully saturated rings. The smallest absolute Gasteiger partial charge is 0.0564 e. The Kier molecular flexibility index (Phi) is 4.25. The molecule has 88 valence electrons. The quantitative estimate of drug-likeness (QED) is 0.908. The van der Waals surface area contributed by atoms with Gasteiger partial charge in [0.05, 0.1) is 6.10 Å². The van der Waals surface area contributed by atoms with Crippen LogP contribution < -0.4 is 0 Å². The van der Waals surface area contributed by atoms with Crippen molar-refractivity contribution in [3.8, 4) is 0 Å². The van der Waals surface area contributed by atoms with Gasteiger partial charge in [0, 0.05) is 29.1 Å². The summed E-state index contributed by atoms with van der Waals surface area (Å²) in [6.07, 6.45) is 1.65. The van der Waals surface area contributed by atoms with Crippen molar-refractivity contribution < 1.29 is 5.11 Å². The predicted molar refractivity (Wildman–Crippen MR) is 69.7 cm³/mol. The van der Waals surface area contributed by atoms with Crippen molar-refractivity contribution in [2.75, 3.05) is 13.1 Å². The first-order chi connectivity index (χ1) is 7.65. The summed E-state index contributed by atoms with van der Waals surface area (Å²) in [6.45, 7) is 2.86. The zero-order valence-electron chi connectivity index (χ0n) is 9.00. The van der Waals surface area contributed by atoms with Crippen molar-refractivity contribution in [1.82, 2.24) is 4.90 Å². The first-order valence-corrected chi connectivity index (χ1v) is 6.66. The van der Waals surface area contributed by atoms with Gasteiger partial charge in [0.1, 0.15) is 0 Å². The lowest BCUT2D eigenvalue weighted by atomic mass is 10.1. The van der Waals surface area contributed by atoms with E-state index in [4.69, 9.17) is 11.6 Å². The lowest BCUT2D eigenvalue weighted by Crippen LogP contribution is -2.35. The van der Waals surface area contributed by atoms with Crippen LogP contribution in [-0.2, 0) is 6.54 Å². The van der Waals surface area contributed by atoms with Gasteiger partial charge in [-0.2, -0.15) is 0 Å². The number of piperidine rings is 1. The Morgan fingerprint density at radius 2 is 2.06 bits per heavy atom. The van der Waals surface area contributed by atoms with Crippen molar-refractivity contribution in [3.05, 3.63) is 33.3 Å². The molecule has 1 aliphatic rings. The molecule has 0 amide bonds. The summed E-state index contributed by atoms with van der Waals surface area (Å²) in [5.74, 6) is 0. The van der Waals surface area contributed by atoms with E-state index in [2.05, 4.69) is 26.9 Å². The van der Waals surface area contributed by atoms with Crippen LogP contribution in [0.2, 0.25) is 5.02 Å². The summed E-state index contributed by atoms with van der Waals surface area (Å²) in [5.41, 5.74) is 1.25. The van der Waals surface area contributed by atoms with Crippen LogP contribution in [0.5, 0.6) is 0 Å². The minimum atomic E-state index is -0.107. The minimum Gasteiger partial charge on any atom is -0.393 e. The molecule has 2 nitrogen and oxygen atoms in total. The van der Waals surface area contributed by atoms with Crippen molar-refractivity contribution in [2.24, 2.45) is 0 Å². The van der Waals surface area contributed by atoms with E-state index in [1.54, 1.807) is 0 Å². The fourth-order valence-corrected chi connectivity index (χ4v) is 2.78. The first-order valence-electron chi connectivity index (χ1n) is 5.49. The molecule has 0 radical (unpaired) electrons. The summed E-state index contributed by atoms with van der Waals surface area (Å²) < 4.78 is 1.06. The molecule has 4 heteroatoms. The highest BCUT2D eigenvalue weighted by Gasteiger charge is 2.17. The predicted octanol–water partition coefficient (Wildman–Crippen LogP) is 3.06. The molecule has 1 N–H and O–H groups in total. The maximum atomic E-state index is 9.43. The van der Waals surface area contributed by atoms with E-state index in [-0.39, 0.29) is 6.10 Å². The number of hydrogen-bond donors (Lipinski definition) is 1. The van der Waals surface area contributed by atoms with Gasteiger partial charge in [-0.3, -0.25) is 4.90 Å². The lowest BCUT2D eigenvalue weighted by molar-refractivity contribution is 0.0791. The van der Waals surface area contributed by atoms with Gasteiger partial charge in [-0.1, -0.05) is 33.6 Å². The van der Waals surface area contributed by atoms with Gasteiger partial charge in [0.15, 0.2) is 0 Å². The molecule has 16 heavy (non-hydrogen) atoms. The molecule has 1 saturated heterocycles. The summed E-state index contributed by atoms with van der Waals surface area (Å²) in [7, 11) is 0. The van der Waals surface area contributed by atoms with E-state index in [1.165, 1.54) is 5.56 Å². The van der Waals surface area contributed by atoms with Gasteiger partial charge in [-0.15, -0.1) is 0 Å². The second-order valence-corrected chi connectivity index (χ2v) is 5.53. The van der Waals surface area contributed by atoms with Crippen LogP contribution in [0.25, 0.3) is 0 Å². The fraction of sp³-hybridized carbons (Fsp3) is 0.500. The average Bonchev–Trinajstić information content (AvgIpc) is 2.25. The van der Waals surface area contributed by atoms with E-state index in [0.717, 1.165) is 42.0 Å². The Hall–Kier alpha value is -0.0900. The van der Waals surface area contributed by atoms with E-state index < -0.39 is 0 Å². The lowest BCUT2D eigenvalue weighted by Gasteiger charge is -2.29. The maximum Gasteiger partial charge on any atom is 0.0564 e. The average molecular weight is 305 g/mol. The molecule has 1 aromatic rings. The van der Waals surface area contributed by atoms with E-state index in [9.17, 15) is 5.11 Å². The topological polar surface area (TPSA) is 23.5 Å². The van der Waals surface area contributed by atoms with E-state index >= 15 is 0 Å². The van der Waals surface area contributed by atoms with Crippen LogP contribution in [0, 0.1) is 0 Å². The number of aliphatic hydroxyl groups excluding tert-OH is 1.